The molecule has 1 aliphatic rings. The van der Waals surface area contributed by atoms with Crippen molar-refractivity contribution in [2.24, 2.45) is 0 Å². The van der Waals surface area contributed by atoms with Gasteiger partial charge in [0.15, 0.2) is 5.54 Å². The highest BCUT2D eigenvalue weighted by Crippen LogP contribution is 2.63. The fourth-order valence-corrected chi connectivity index (χ4v) is 3.57. The quantitative estimate of drug-likeness (QED) is 0.874. The van der Waals surface area contributed by atoms with Gasteiger partial charge < -0.3 is 15.2 Å². The minimum absolute atomic E-state index is 0.365. The Morgan fingerprint density at radius 3 is 1.69 bits per heavy atom. The normalized spacial score (nSPS) is 24.6. The first-order valence-electron chi connectivity index (χ1n) is 8.60. The second kappa shape index (κ2) is 6.48. The summed E-state index contributed by atoms with van der Waals surface area (Å²) >= 11 is 0. The van der Waals surface area contributed by atoms with Crippen LogP contribution in [0.3, 0.4) is 0 Å². The van der Waals surface area contributed by atoms with E-state index in [1.807, 2.05) is 60.7 Å². The molecule has 0 heterocycles. The molecule has 1 aliphatic carbocycles. The Kier molecular flexibility index (Phi) is 4.48. The summed E-state index contributed by atoms with van der Waals surface area (Å²) in [4.78, 5) is 24.7. The Bertz CT molecular complexity index is 750. The van der Waals surface area contributed by atoms with Crippen LogP contribution in [0.5, 0.6) is 0 Å². The summed E-state index contributed by atoms with van der Waals surface area (Å²) in [6.45, 7) is 5.24. The minimum atomic E-state index is -1.43. The molecule has 0 bridgehead atoms. The number of ether oxygens (including phenoxy) is 1. The molecule has 0 radical (unpaired) electrons. The van der Waals surface area contributed by atoms with Gasteiger partial charge in [0.1, 0.15) is 5.60 Å². The topological polar surface area (TPSA) is 75.6 Å². The number of amides is 1. The van der Waals surface area contributed by atoms with Crippen molar-refractivity contribution in [3.63, 3.8) is 0 Å². The van der Waals surface area contributed by atoms with E-state index in [1.165, 1.54) is 0 Å². The number of hydrogen-bond donors (Lipinski definition) is 2. The van der Waals surface area contributed by atoms with Gasteiger partial charge in [-0.25, -0.2) is 9.59 Å². The van der Waals surface area contributed by atoms with E-state index < -0.39 is 23.2 Å². The monoisotopic (exact) mass is 353 g/mol. The van der Waals surface area contributed by atoms with Crippen molar-refractivity contribution in [3.05, 3.63) is 71.8 Å². The number of rotatable bonds is 4. The molecule has 136 valence electrons. The first-order chi connectivity index (χ1) is 12.3. The first kappa shape index (κ1) is 18.0. The Hall–Kier alpha value is -2.82. The third-order valence-corrected chi connectivity index (χ3v) is 4.58. The molecule has 0 unspecified atom stereocenters. The lowest BCUT2D eigenvalue weighted by Crippen LogP contribution is -2.47. The molecule has 1 fully saturated rings. The summed E-state index contributed by atoms with van der Waals surface area (Å²) in [5, 5.41) is 12.7. The van der Waals surface area contributed by atoms with Crippen LogP contribution in [0, 0.1) is 0 Å². The van der Waals surface area contributed by atoms with Crippen molar-refractivity contribution in [1.82, 2.24) is 5.32 Å². The summed E-state index contributed by atoms with van der Waals surface area (Å²) in [6, 6.07) is 18.8. The van der Waals surface area contributed by atoms with Crippen LogP contribution < -0.4 is 5.32 Å². The van der Waals surface area contributed by atoms with Gasteiger partial charge in [0, 0.05) is 11.8 Å². The van der Waals surface area contributed by atoms with E-state index in [0.29, 0.717) is 0 Å². The number of alkyl carbamates (subject to hydrolysis) is 1. The minimum Gasteiger partial charge on any atom is -0.479 e. The number of carboxylic acids is 1. The molecule has 5 nitrogen and oxygen atoms in total. The second-order valence-corrected chi connectivity index (χ2v) is 7.58. The molecule has 0 spiro atoms. The maximum absolute atomic E-state index is 12.4. The van der Waals surface area contributed by atoms with Gasteiger partial charge in [0.25, 0.3) is 0 Å². The Labute approximate surface area is 153 Å². The van der Waals surface area contributed by atoms with Gasteiger partial charge in [-0.1, -0.05) is 60.7 Å². The molecule has 2 atom stereocenters. The number of aliphatic carboxylic acids is 1. The average molecular weight is 353 g/mol. The van der Waals surface area contributed by atoms with Crippen LogP contribution in [0.25, 0.3) is 0 Å². The van der Waals surface area contributed by atoms with Gasteiger partial charge in [0.2, 0.25) is 0 Å². The predicted molar refractivity (Wildman–Crippen MR) is 98.1 cm³/mol. The lowest BCUT2D eigenvalue weighted by atomic mass is 10.0. The summed E-state index contributed by atoms with van der Waals surface area (Å²) < 4.78 is 5.32. The van der Waals surface area contributed by atoms with Crippen LogP contribution in [-0.2, 0) is 9.53 Å². The van der Waals surface area contributed by atoms with Crippen LogP contribution in [-0.4, -0.2) is 28.3 Å². The lowest BCUT2D eigenvalue weighted by Gasteiger charge is -2.23. The van der Waals surface area contributed by atoms with E-state index in [-0.39, 0.29) is 11.8 Å². The second-order valence-electron chi connectivity index (χ2n) is 7.58. The summed E-state index contributed by atoms with van der Waals surface area (Å²) in [5.74, 6) is -1.79. The largest absolute Gasteiger partial charge is 0.479 e. The highest BCUT2D eigenvalue weighted by Gasteiger charge is 2.72. The standard InChI is InChI=1S/C21H23NO4/c1-20(2,3)26-19(25)22-21(18(23)24)16(14-10-6-4-7-11-14)17(21)15-12-8-5-9-13-15/h4-13,16-17H,1-3H3,(H,22,25)(H,23,24)/t16-,17-/m0/s1. The zero-order chi connectivity index (χ0) is 18.9. The van der Waals surface area contributed by atoms with Crippen molar-refractivity contribution in [3.8, 4) is 0 Å². The fourth-order valence-electron chi connectivity index (χ4n) is 3.57. The zero-order valence-electron chi connectivity index (χ0n) is 15.1. The molecule has 1 amide bonds. The maximum atomic E-state index is 12.4. The van der Waals surface area contributed by atoms with Crippen LogP contribution in [0.2, 0.25) is 0 Å². The van der Waals surface area contributed by atoms with E-state index in [0.717, 1.165) is 11.1 Å². The average Bonchev–Trinajstić information content (AvgIpc) is 3.24. The molecule has 3 rings (SSSR count). The van der Waals surface area contributed by atoms with Crippen molar-refractivity contribution in [2.45, 2.75) is 43.7 Å². The molecule has 0 aromatic heterocycles. The number of nitrogens with one attached hydrogen (secondary N) is 1. The molecular weight excluding hydrogens is 330 g/mol. The van der Waals surface area contributed by atoms with Crippen molar-refractivity contribution >= 4 is 12.1 Å². The first-order valence-corrected chi connectivity index (χ1v) is 8.60. The highest BCUT2D eigenvalue weighted by atomic mass is 16.6. The predicted octanol–water partition coefficient (Wildman–Crippen LogP) is 3.92. The van der Waals surface area contributed by atoms with E-state index in [4.69, 9.17) is 4.74 Å². The number of carbonyl (C=O) groups is 2. The van der Waals surface area contributed by atoms with Crippen LogP contribution in [0.1, 0.15) is 43.7 Å². The number of carboxylic acid groups (broad SMARTS) is 1. The summed E-state index contributed by atoms with van der Waals surface area (Å²) in [7, 11) is 0. The third-order valence-electron chi connectivity index (χ3n) is 4.58. The number of carbonyl (C=O) groups excluding carboxylic acids is 1. The molecule has 0 saturated heterocycles. The molecule has 0 aliphatic heterocycles. The molecule has 2 aromatic carbocycles. The van der Waals surface area contributed by atoms with E-state index in [1.54, 1.807) is 20.8 Å². The Balaban J connectivity index is 2.00. The van der Waals surface area contributed by atoms with E-state index in [2.05, 4.69) is 5.32 Å². The molecule has 26 heavy (non-hydrogen) atoms. The Morgan fingerprint density at radius 2 is 1.35 bits per heavy atom. The van der Waals surface area contributed by atoms with Crippen molar-refractivity contribution < 1.29 is 19.4 Å². The van der Waals surface area contributed by atoms with Crippen LogP contribution in [0.4, 0.5) is 4.79 Å². The van der Waals surface area contributed by atoms with E-state index in [9.17, 15) is 14.7 Å². The molecule has 5 heteroatoms. The van der Waals surface area contributed by atoms with Gasteiger partial charge in [0.05, 0.1) is 0 Å². The highest BCUT2D eigenvalue weighted by molar-refractivity contribution is 5.93. The smallest absolute Gasteiger partial charge is 0.408 e. The lowest BCUT2D eigenvalue weighted by molar-refractivity contribution is -0.141. The summed E-state index contributed by atoms with van der Waals surface area (Å²) in [6.07, 6.45) is -0.723. The van der Waals surface area contributed by atoms with Gasteiger partial charge >= 0.3 is 12.1 Å². The van der Waals surface area contributed by atoms with Crippen LogP contribution in [0.15, 0.2) is 60.7 Å². The van der Waals surface area contributed by atoms with Gasteiger partial charge in [-0.3, -0.25) is 0 Å². The molecule has 2 aromatic rings. The molecule has 2 N–H and O–H groups in total. The van der Waals surface area contributed by atoms with E-state index >= 15 is 0 Å². The van der Waals surface area contributed by atoms with Crippen molar-refractivity contribution in [2.75, 3.05) is 0 Å². The molecule has 1 saturated carbocycles. The van der Waals surface area contributed by atoms with Crippen molar-refractivity contribution in [1.29, 1.82) is 0 Å². The number of hydrogen-bond acceptors (Lipinski definition) is 3. The number of benzene rings is 2. The summed E-state index contributed by atoms with van der Waals surface area (Å²) in [5.41, 5.74) is -0.381. The van der Waals surface area contributed by atoms with Gasteiger partial charge in [-0.2, -0.15) is 0 Å². The fraction of sp³-hybridized carbons (Fsp3) is 0.333. The zero-order valence-corrected chi connectivity index (χ0v) is 15.1. The third kappa shape index (κ3) is 3.29. The Morgan fingerprint density at radius 1 is 0.923 bits per heavy atom. The SMILES string of the molecule is CC(C)(C)OC(=O)NC1(C(=O)O)[C@@H](c2ccccc2)[C@@H]1c1ccccc1. The van der Waals surface area contributed by atoms with Gasteiger partial charge in [-0.05, 0) is 31.9 Å². The van der Waals surface area contributed by atoms with Crippen LogP contribution >= 0.6 is 0 Å². The molecular formula is C21H23NO4. The van der Waals surface area contributed by atoms with Gasteiger partial charge in [-0.15, -0.1) is 0 Å². The maximum Gasteiger partial charge on any atom is 0.408 e.